The van der Waals surface area contributed by atoms with Crippen LogP contribution in [0.1, 0.15) is 26.2 Å². The van der Waals surface area contributed by atoms with Crippen LogP contribution in [0.3, 0.4) is 0 Å². The van der Waals surface area contributed by atoms with E-state index in [-0.39, 0.29) is 6.09 Å². The maximum atomic E-state index is 11.5. The second-order valence-electron chi connectivity index (χ2n) is 3.30. The van der Waals surface area contributed by atoms with Gasteiger partial charge in [0, 0.05) is 13.1 Å². The molecule has 86 valence electrons. The Morgan fingerprint density at radius 1 is 1.27 bits per heavy atom. The number of nitrogens with zero attached hydrogens (tertiary/aromatic N) is 1. The first-order chi connectivity index (χ1) is 7.26. The molecule has 0 spiro atoms. The summed E-state index contributed by atoms with van der Waals surface area (Å²) < 4.78 is 5.10. The van der Waals surface area contributed by atoms with Gasteiger partial charge in [-0.2, -0.15) is 0 Å². The topological polar surface area (TPSA) is 29.5 Å². The summed E-state index contributed by atoms with van der Waals surface area (Å²) in [6, 6.07) is 0. The van der Waals surface area contributed by atoms with E-state index in [1.165, 1.54) is 0 Å². The highest BCUT2D eigenvalue weighted by Gasteiger charge is 2.10. The summed E-state index contributed by atoms with van der Waals surface area (Å²) in [4.78, 5) is 13.1. The van der Waals surface area contributed by atoms with Crippen molar-refractivity contribution < 1.29 is 9.53 Å². The summed E-state index contributed by atoms with van der Waals surface area (Å²) in [7, 11) is 0. The minimum Gasteiger partial charge on any atom is -0.449 e. The average molecular weight is 211 g/mol. The lowest BCUT2D eigenvalue weighted by atomic mass is 10.3. The number of ether oxygens (including phenoxy) is 1. The third-order valence-corrected chi connectivity index (χ3v) is 1.93. The molecule has 0 aliphatic carbocycles. The highest BCUT2D eigenvalue weighted by atomic mass is 16.6. The van der Waals surface area contributed by atoms with Crippen LogP contribution < -0.4 is 0 Å². The minimum absolute atomic E-state index is 0.286. The Hall–Kier alpha value is -1.25. The molecule has 0 heterocycles. The van der Waals surface area contributed by atoms with Gasteiger partial charge in [0.15, 0.2) is 0 Å². The Balaban J connectivity index is 3.80. The van der Waals surface area contributed by atoms with Crippen molar-refractivity contribution in [2.24, 2.45) is 0 Å². The number of unbranched alkanes of at least 4 members (excludes halogenated alkanes) is 2. The summed E-state index contributed by atoms with van der Waals surface area (Å²) in [6.07, 6.45) is 6.22. The van der Waals surface area contributed by atoms with Crippen LogP contribution in [0.4, 0.5) is 4.79 Å². The van der Waals surface area contributed by atoms with Crippen molar-refractivity contribution in [2.45, 2.75) is 26.2 Å². The molecule has 0 N–H and O–H groups in total. The van der Waals surface area contributed by atoms with Crippen LogP contribution in [-0.4, -0.2) is 30.7 Å². The summed E-state index contributed by atoms with van der Waals surface area (Å²) >= 11 is 0. The van der Waals surface area contributed by atoms with Crippen LogP contribution in [0.2, 0.25) is 0 Å². The fourth-order valence-corrected chi connectivity index (χ4v) is 1.14. The molecule has 0 aromatic carbocycles. The van der Waals surface area contributed by atoms with Crippen molar-refractivity contribution >= 4 is 6.09 Å². The van der Waals surface area contributed by atoms with Crippen molar-refractivity contribution in [3.8, 4) is 0 Å². The molecule has 0 bridgehead atoms. The van der Waals surface area contributed by atoms with Gasteiger partial charge in [-0.1, -0.05) is 31.9 Å². The molecular formula is C12H21NO2. The highest BCUT2D eigenvalue weighted by molar-refractivity contribution is 5.68. The molecule has 3 nitrogen and oxygen atoms in total. The van der Waals surface area contributed by atoms with Gasteiger partial charge in [-0.25, -0.2) is 4.79 Å². The molecule has 0 unspecified atom stereocenters. The van der Waals surface area contributed by atoms with Crippen LogP contribution in [-0.2, 0) is 4.74 Å². The van der Waals surface area contributed by atoms with Crippen LogP contribution in [0.5, 0.6) is 0 Å². The van der Waals surface area contributed by atoms with Crippen molar-refractivity contribution in [1.82, 2.24) is 4.90 Å². The molecule has 0 saturated heterocycles. The fourth-order valence-electron chi connectivity index (χ4n) is 1.14. The van der Waals surface area contributed by atoms with E-state index in [4.69, 9.17) is 4.74 Å². The third-order valence-electron chi connectivity index (χ3n) is 1.93. The van der Waals surface area contributed by atoms with Gasteiger partial charge in [-0.3, -0.25) is 0 Å². The van der Waals surface area contributed by atoms with E-state index < -0.39 is 0 Å². The first-order valence-corrected chi connectivity index (χ1v) is 5.39. The van der Waals surface area contributed by atoms with Crippen molar-refractivity contribution in [1.29, 1.82) is 0 Å². The van der Waals surface area contributed by atoms with Gasteiger partial charge in [0.05, 0.1) is 6.61 Å². The highest BCUT2D eigenvalue weighted by Crippen LogP contribution is 1.99. The maximum Gasteiger partial charge on any atom is 0.410 e. The lowest BCUT2D eigenvalue weighted by Gasteiger charge is -2.18. The molecule has 3 heteroatoms. The molecule has 0 aromatic rings. The molecule has 0 atom stereocenters. The lowest BCUT2D eigenvalue weighted by molar-refractivity contribution is 0.108. The quantitative estimate of drug-likeness (QED) is 0.456. The molecule has 1 amide bonds. The zero-order valence-corrected chi connectivity index (χ0v) is 9.58. The number of rotatable bonds is 8. The Bertz CT molecular complexity index is 192. The van der Waals surface area contributed by atoms with E-state index in [1.54, 1.807) is 17.1 Å². The third kappa shape index (κ3) is 6.77. The van der Waals surface area contributed by atoms with Crippen LogP contribution in [0.15, 0.2) is 25.3 Å². The second-order valence-corrected chi connectivity index (χ2v) is 3.30. The normalized spacial score (nSPS) is 9.40. The fraction of sp³-hybridized carbons (Fsp3) is 0.583. The summed E-state index contributed by atoms with van der Waals surface area (Å²) in [5, 5.41) is 0. The Kier molecular flexibility index (Phi) is 8.53. The predicted molar refractivity (Wildman–Crippen MR) is 62.8 cm³/mol. The lowest BCUT2D eigenvalue weighted by Crippen LogP contribution is -2.32. The van der Waals surface area contributed by atoms with Crippen molar-refractivity contribution in [3.05, 3.63) is 25.3 Å². The Morgan fingerprint density at radius 2 is 1.87 bits per heavy atom. The molecule has 0 fully saturated rings. The number of amides is 1. The van der Waals surface area contributed by atoms with Crippen LogP contribution in [0.25, 0.3) is 0 Å². The molecule has 15 heavy (non-hydrogen) atoms. The van der Waals surface area contributed by atoms with Crippen molar-refractivity contribution in [2.75, 3.05) is 19.7 Å². The standard InChI is InChI=1S/C12H21NO2/c1-4-7-8-11-15-12(14)13(9-5-2)10-6-3/h5-6H,2-4,7-11H2,1H3. The summed E-state index contributed by atoms with van der Waals surface area (Å²) in [5.74, 6) is 0. The average Bonchev–Trinajstić information content (AvgIpc) is 2.24. The molecular weight excluding hydrogens is 190 g/mol. The van der Waals surface area contributed by atoms with Crippen LogP contribution in [0, 0.1) is 0 Å². The molecule has 0 radical (unpaired) electrons. The number of hydrogen-bond acceptors (Lipinski definition) is 2. The molecule has 0 saturated carbocycles. The second kappa shape index (κ2) is 9.31. The monoisotopic (exact) mass is 211 g/mol. The first kappa shape index (κ1) is 13.8. The van der Waals surface area contributed by atoms with Crippen molar-refractivity contribution in [3.63, 3.8) is 0 Å². The number of carbonyl (C=O) groups is 1. The zero-order valence-electron chi connectivity index (χ0n) is 9.58. The van der Waals surface area contributed by atoms with E-state index in [2.05, 4.69) is 20.1 Å². The van der Waals surface area contributed by atoms with Gasteiger partial charge in [0.2, 0.25) is 0 Å². The largest absolute Gasteiger partial charge is 0.449 e. The first-order valence-electron chi connectivity index (χ1n) is 5.39. The molecule has 0 aliphatic rings. The van der Waals surface area contributed by atoms with Gasteiger partial charge in [0.25, 0.3) is 0 Å². The van der Waals surface area contributed by atoms with E-state index in [0.29, 0.717) is 19.7 Å². The zero-order chi connectivity index (χ0) is 11.5. The number of hydrogen-bond donors (Lipinski definition) is 0. The van der Waals surface area contributed by atoms with Crippen LogP contribution >= 0.6 is 0 Å². The SMILES string of the molecule is C=CCN(CC=C)C(=O)OCCCCC. The van der Waals surface area contributed by atoms with E-state index in [0.717, 1.165) is 19.3 Å². The molecule has 0 aliphatic heterocycles. The maximum absolute atomic E-state index is 11.5. The van der Waals surface area contributed by atoms with E-state index in [1.807, 2.05) is 0 Å². The van der Waals surface area contributed by atoms with Gasteiger partial charge >= 0.3 is 6.09 Å². The van der Waals surface area contributed by atoms with Gasteiger partial charge < -0.3 is 9.64 Å². The van der Waals surface area contributed by atoms with Gasteiger partial charge in [-0.15, -0.1) is 13.2 Å². The number of carbonyl (C=O) groups excluding carboxylic acids is 1. The minimum atomic E-state index is -0.286. The molecule has 0 aromatic heterocycles. The van der Waals surface area contributed by atoms with E-state index >= 15 is 0 Å². The summed E-state index contributed by atoms with van der Waals surface area (Å²) in [6.45, 7) is 10.8. The summed E-state index contributed by atoms with van der Waals surface area (Å²) in [5.41, 5.74) is 0. The van der Waals surface area contributed by atoms with E-state index in [9.17, 15) is 4.79 Å². The van der Waals surface area contributed by atoms with Gasteiger partial charge in [0.1, 0.15) is 0 Å². The van der Waals surface area contributed by atoms with Gasteiger partial charge in [-0.05, 0) is 6.42 Å². The Labute approximate surface area is 92.4 Å². The molecule has 0 rings (SSSR count). The Morgan fingerprint density at radius 3 is 2.33 bits per heavy atom. The smallest absolute Gasteiger partial charge is 0.410 e. The predicted octanol–water partition coefficient (Wildman–Crippen LogP) is 2.99.